The fraction of sp³-hybridized carbons (Fsp3) is 0. The number of nitrogens with one attached hydrogen (secondary N) is 1. The summed E-state index contributed by atoms with van der Waals surface area (Å²) in [4.78, 5) is 28.6. The number of amides is 1. The number of thiazole rings is 1. The van der Waals surface area contributed by atoms with E-state index in [0.717, 1.165) is 14.6 Å². The fourth-order valence-corrected chi connectivity index (χ4v) is 5.31. The maximum absolute atomic E-state index is 12.6. The molecule has 1 N–H and O–H groups in total. The second-order valence-electron chi connectivity index (χ2n) is 6.10. The number of carbonyl (C=O) groups is 1. The average molecular weight is 476 g/mol. The molecule has 0 aliphatic carbocycles. The number of hydrogen-bond donors (Lipinski definition) is 1. The zero-order valence-corrected chi connectivity index (χ0v) is 18.1. The standard InChI is InChI=1S/C20H11Cl2N3O3S2/c21-11-5-6-15(16(22)7-11)19(26)23-12-8-13(25(27)28)10-14(9-12)29-20-24-17-3-1-2-4-18(17)30-20/h1-10H,(H,23,26). The van der Waals surface area contributed by atoms with Gasteiger partial charge in [-0.2, -0.15) is 0 Å². The summed E-state index contributed by atoms with van der Waals surface area (Å²) < 4.78 is 1.77. The van der Waals surface area contributed by atoms with E-state index in [9.17, 15) is 14.9 Å². The topological polar surface area (TPSA) is 85.1 Å². The van der Waals surface area contributed by atoms with Crippen LogP contribution in [-0.4, -0.2) is 15.8 Å². The van der Waals surface area contributed by atoms with Crippen molar-refractivity contribution < 1.29 is 9.72 Å². The minimum absolute atomic E-state index is 0.140. The molecule has 150 valence electrons. The number of hydrogen-bond acceptors (Lipinski definition) is 6. The second kappa shape index (κ2) is 8.61. The van der Waals surface area contributed by atoms with E-state index in [1.807, 2.05) is 24.3 Å². The molecule has 6 nitrogen and oxygen atoms in total. The first-order valence-corrected chi connectivity index (χ1v) is 10.9. The van der Waals surface area contributed by atoms with Crippen molar-refractivity contribution in [3.8, 4) is 0 Å². The second-order valence-corrected chi connectivity index (χ2v) is 9.30. The smallest absolute Gasteiger partial charge is 0.272 e. The van der Waals surface area contributed by atoms with Crippen molar-refractivity contribution >= 4 is 73.8 Å². The molecule has 1 aromatic heterocycles. The molecule has 0 spiro atoms. The molecule has 0 radical (unpaired) electrons. The Morgan fingerprint density at radius 3 is 2.63 bits per heavy atom. The summed E-state index contributed by atoms with van der Waals surface area (Å²) in [6, 6.07) is 16.6. The van der Waals surface area contributed by atoms with Gasteiger partial charge in [-0.15, -0.1) is 11.3 Å². The predicted molar refractivity (Wildman–Crippen MR) is 121 cm³/mol. The molecule has 0 bridgehead atoms. The lowest BCUT2D eigenvalue weighted by atomic mass is 10.2. The van der Waals surface area contributed by atoms with Gasteiger partial charge in [-0.25, -0.2) is 4.98 Å². The number of aromatic nitrogens is 1. The van der Waals surface area contributed by atoms with Crippen LogP contribution in [0.15, 0.2) is 69.9 Å². The van der Waals surface area contributed by atoms with Gasteiger partial charge in [0.2, 0.25) is 0 Å². The maximum Gasteiger partial charge on any atom is 0.272 e. The minimum atomic E-state index is -0.507. The first-order valence-electron chi connectivity index (χ1n) is 8.48. The number of para-hydroxylation sites is 1. The van der Waals surface area contributed by atoms with Crippen LogP contribution in [0, 0.1) is 10.1 Å². The SMILES string of the molecule is O=C(Nc1cc(Sc2nc3ccccc3s2)cc([N+](=O)[O-])c1)c1ccc(Cl)cc1Cl. The van der Waals surface area contributed by atoms with E-state index in [2.05, 4.69) is 10.3 Å². The Labute approximate surface area is 189 Å². The molecule has 1 heterocycles. The normalized spacial score (nSPS) is 10.9. The minimum Gasteiger partial charge on any atom is -0.322 e. The Hall–Kier alpha value is -2.65. The summed E-state index contributed by atoms with van der Waals surface area (Å²) in [5.41, 5.74) is 1.22. The lowest BCUT2D eigenvalue weighted by Gasteiger charge is -2.09. The molecule has 0 aliphatic heterocycles. The van der Waals surface area contributed by atoms with Crippen LogP contribution in [0.25, 0.3) is 10.2 Å². The summed E-state index contributed by atoms with van der Waals surface area (Å²) in [6.07, 6.45) is 0. The van der Waals surface area contributed by atoms with Crippen LogP contribution in [0.3, 0.4) is 0 Å². The molecule has 10 heteroatoms. The van der Waals surface area contributed by atoms with E-state index < -0.39 is 10.8 Å². The summed E-state index contributed by atoms with van der Waals surface area (Å²) in [5.74, 6) is -0.492. The number of fused-ring (bicyclic) bond motifs is 1. The largest absolute Gasteiger partial charge is 0.322 e. The van der Waals surface area contributed by atoms with Crippen LogP contribution in [-0.2, 0) is 0 Å². The molecule has 0 aliphatic rings. The van der Waals surface area contributed by atoms with E-state index in [4.69, 9.17) is 23.2 Å². The monoisotopic (exact) mass is 475 g/mol. The highest BCUT2D eigenvalue weighted by molar-refractivity contribution is 8.01. The van der Waals surface area contributed by atoms with Crippen molar-refractivity contribution in [2.24, 2.45) is 0 Å². The Kier molecular flexibility index (Phi) is 5.92. The first-order chi connectivity index (χ1) is 14.4. The number of non-ortho nitro benzene ring substituents is 1. The van der Waals surface area contributed by atoms with Crippen LogP contribution in [0.1, 0.15) is 10.4 Å². The van der Waals surface area contributed by atoms with Crippen molar-refractivity contribution in [2.75, 3.05) is 5.32 Å². The number of anilines is 1. The lowest BCUT2D eigenvalue weighted by Crippen LogP contribution is -2.12. The predicted octanol–water partition coefficient (Wildman–Crippen LogP) is 6.91. The van der Waals surface area contributed by atoms with Crippen LogP contribution < -0.4 is 5.32 Å². The van der Waals surface area contributed by atoms with Crippen LogP contribution in [0.4, 0.5) is 11.4 Å². The molecule has 0 unspecified atom stereocenters. The van der Waals surface area contributed by atoms with Gasteiger partial charge in [0.15, 0.2) is 4.34 Å². The van der Waals surface area contributed by atoms with Gasteiger partial charge in [0, 0.05) is 27.7 Å². The highest BCUT2D eigenvalue weighted by Gasteiger charge is 2.16. The third-order valence-corrected chi connectivity index (χ3v) is 6.63. The molecule has 4 aromatic rings. The lowest BCUT2D eigenvalue weighted by molar-refractivity contribution is -0.385. The molecule has 4 rings (SSSR count). The molecule has 0 saturated heterocycles. The van der Waals surface area contributed by atoms with Gasteiger partial charge in [-0.1, -0.05) is 47.1 Å². The number of carbonyl (C=O) groups excluding carboxylic acids is 1. The number of nitro groups is 1. The Bertz CT molecular complexity index is 1260. The van der Waals surface area contributed by atoms with E-state index in [-0.39, 0.29) is 22.0 Å². The van der Waals surface area contributed by atoms with Gasteiger partial charge >= 0.3 is 0 Å². The number of nitrogens with zero attached hydrogens (tertiary/aromatic N) is 2. The molecular formula is C20H11Cl2N3O3S2. The van der Waals surface area contributed by atoms with Crippen molar-refractivity contribution in [1.82, 2.24) is 4.98 Å². The van der Waals surface area contributed by atoms with Gasteiger partial charge in [0.1, 0.15) is 0 Å². The first kappa shape index (κ1) is 20.6. The average Bonchev–Trinajstić information content (AvgIpc) is 3.09. The van der Waals surface area contributed by atoms with Gasteiger partial charge in [-0.05, 0) is 36.4 Å². The number of halogens is 2. The number of rotatable bonds is 5. The van der Waals surface area contributed by atoms with Crippen molar-refractivity contribution in [3.63, 3.8) is 0 Å². The zero-order chi connectivity index (χ0) is 21.3. The molecule has 3 aromatic carbocycles. The number of benzene rings is 3. The van der Waals surface area contributed by atoms with Gasteiger partial charge in [-0.3, -0.25) is 14.9 Å². The van der Waals surface area contributed by atoms with Crippen LogP contribution in [0.5, 0.6) is 0 Å². The third kappa shape index (κ3) is 4.57. The van der Waals surface area contributed by atoms with Gasteiger partial charge in [0.25, 0.3) is 11.6 Å². The molecular weight excluding hydrogens is 465 g/mol. The Balaban J connectivity index is 1.63. The highest BCUT2D eigenvalue weighted by Crippen LogP contribution is 2.37. The zero-order valence-electron chi connectivity index (χ0n) is 15.0. The molecule has 0 fully saturated rings. The summed E-state index contributed by atoms with van der Waals surface area (Å²) in [7, 11) is 0. The third-order valence-electron chi connectivity index (χ3n) is 4.02. The quantitative estimate of drug-likeness (QED) is 0.250. The van der Waals surface area contributed by atoms with Crippen molar-refractivity contribution in [2.45, 2.75) is 9.24 Å². The van der Waals surface area contributed by atoms with Crippen LogP contribution in [0.2, 0.25) is 10.0 Å². The summed E-state index contributed by atoms with van der Waals surface area (Å²) >= 11 is 14.7. The van der Waals surface area contributed by atoms with E-state index in [1.54, 1.807) is 12.1 Å². The van der Waals surface area contributed by atoms with Crippen molar-refractivity contribution in [3.05, 3.63) is 86.4 Å². The summed E-state index contributed by atoms with van der Waals surface area (Å²) in [6.45, 7) is 0. The molecule has 0 atom stereocenters. The number of nitro benzene ring substituents is 1. The molecule has 0 saturated carbocycles. The Morgan fingerprint density at radius 2 is 1.90 bits per heavy atom. The van der Waals surface area contributed by atoms with Gasteiger partial charge < -0.3 is 5.32 Å². The fourth-order valence-electron chi connectivity index (χ4n) is 2.69. The molecule has 1 amide bonds. The van der Waals surface area contributed by atoms with E-state index >= 15 is 0 Å². The Morgan fingerprint density at radius 1 is 1.10 bits per heavy atom. The van der Waals surface area contributed by atoms with E-state index in [0.29, 0.717) is 9.92 Å². The summed E-state index contributed by atoms with van der Waals surface area (Å²) in [5, 5.41) is 14.6. The molecule has 30 heavy (non-hydrogen) atoms. The van der Waals surface area contributed by atoms with E-state index in [1.165, 1.54) is 47.4 Å². The van der Waals surface area contributed by atoms with Crippen molar-refractivity contribution in [1.29, 1.82) is 0 Å². The van der Waals surface area contributed by atoms with Crippen LogP contribution >= 0.6 is 46.3 Å². The highest BCUT2D eigenvalue weighted by atomic mass is 35.5. The van der Waals surface area contributed by atoms with Gasteiger partial charge in [0.05, 0.1) is 25.7 Å². The maximum atomic E-state index is 12.6.